The maximum atomic E-state index is 14.1. The van der Waals surface area contributed by atoms with Crippen LogP contribution in [0.5, 0.6) is 0 Å². The van der Waals surface area contributed by atoms with Gasteiger partial charge in [0.15, 0.2) is 10.2 Å². The van der Waals surface area contributed by atoms with E-state index < -0.39 is 58.3 Å². The fourth-order valence-electron chi connectivity index (χ4n) is 9.94. The summed E-state index contributed by atoms with van der Waals surface area (Å²) in [5.74, 6) is 0. The van der Waals surface area contributed by atoms with Crippen LogP contribution in [0, 0.1) is 27.7 Å². The zero-order valence-electron chi connectivity index (χ0n) is 39.1. The van der Waals surface area contributed by atoms with Gasteiger partial charge in [-0.05, 0) is 185 Å². The number of anilines is 4. The summed E-state index contributed by atoms with van der Waals surface area (Å²) >= 11 is 11.7. The number of hydrogen-bond donors (Lipinski definition) is 4. The molecule has 0 radical (unpaired) electrons. The van der Waals surface area contributed by atoms with Crippen LogP contribution in [0.3, 0.4) is 0 Å². The number of halogens is 12. The van der Waals surface area contributed by atoms with Gasteiger partial charge in [0.1, 0.15) is 0 Å². The average molecular weight is 1040 g/mol. The Balaban J connectivity index is 1.41. The molecule has 8 rings (SSSR count). The number of hydrogen-bond acceptors (Lipinski definition) is 2. The monoisotopic (exact) mass is 1040 g/mol. The molecule has 2 aliphatic rings. The van der Waals surface area contributed by atoms with Crippen LogP contribution < -0.4 is 21.3 Å². The summed E-state index contributed by atoms with van der Waals surface area (Å²) in [7, 11) is 0. The van der Waals surface area contributed by atoms with Gasteiger partial charge in [-0.2, -0.15) is 52.7 Å². The van der Waals surface area contributed by atoms with Gasteiger partial charge < -0.3 is 21.3 Å². The molecule has 0 bridgehead atoms. The SMILES string of the molecule is Cc1cc(C)cc(-c2cc3c(c(-c4c5c(cc(-c6cc(C)cc(C)c6)c4NC(=S)Nc4cc(C(F)(F)F)cc(C(F)(F)F)c4)CCCC5)c2NC(=S)Nc2cc(C(F)(F)F)cc(C(F)(F)F)c2)CCCC3)c1. The summed E-state index contributed by atoms with van der Waals surface area (Å²) in [6.45, 7) is 7.62. The number of alkyl halides is 12. The van der Waals surface area contributed by atoms with Crippen molar-refractivity contribution < 1.29 is 52.7 Å². The van der Waals surface area contributed by atoms with Crippen LogP contribution in [-0.4, -0.2) is 10.2 Å². The highest BCUT2D eigenvalue weighted by Crippen LogP contribution is 2.52. The minimum absolute atomic E-state index is 0.0172. The third-order valence-corrected chi connectivity index (χ3v) is 13.2. The van der Waals surface area contributed by atoms with E-state index in [1.54, 1.807) is 0 Å². The molecule has 6 aromatic carbocycles. The molecule has 6 aromatic rings. The van der Waals surface area contributed by atoms with Crippen molar-refractivity contribution in [1.29, 1.82) is 0 Å². The molecule has 0 fully saturated rings. The van der Waals surface area contributed by atoms with Gasteiger partial charge in [0, 0.05) is 33.6 Å². The third kappa shape index (κ3) is 11.5. The number of thiocarbonyl (C=S) groups is 2. The Morgan fingerprint density at radius 1 is 0.375 bits per heavy atom. The maximum Gasteiger partial charge on any atom is 0.416 e. The molecule has 0 saturated heterocycles. The van der Waals surface area contributed by atoms with Gasteiger partial charge in [-0.3, -0.25) is 0 Å². The fourth-order valence-corrected chi connectivity index (χ4v) is 10.4. The summed E-state index contributed by atoms with van der Waals surface area (Å²) in [5, 5.41) is 11.0. The summed E-state index contributed by atoms with van der Waals surface area (Å²) in [6, 6.07) is 17.9. The standard InChI is InChI=1S/C54H46F12N4S2/c1-27-13-28(2)16-33(15-27)43-19-31-9-5-7-11-41(31)45(47(43)69-49(71)67-39-23-35(51(55,56)57)21-36(24-39)52(58,59)60)46-42-12-8-6-10-32(42)20-44(34-17-29(3)14-30(4)18-34)48(46)70-50(72)68-40-25-37(53(61,62)63)22-38(26-40)54(64,65)66/h13-26H,5-12H2,1-4H3,(H2,67,69,71)(H2,68,70,72). The average Bonchev–Trinajstić information content (AvgIpc) is 3.26. The van der Waals surface area contributed by atoms with Crippen molar-refractivity contribution in [3.63, 3.8) is 0 Å². The molecule has 0 aliphatic heterocycles. The Morgan fingerprint density at radius 2 is 0.667 bits per heavy atom. The molecule has 0 aromatic heterocycles. The third-order valence-electron chi connectivity index (χ3n) is 12.8. The van der Waals surface area contributed by atoms with E-state index in [0.717, 1.165) is 70.2 Å². The second kappa shape index (κ2) is 19.7. The highest BCUT2D eigenvalue weighted by atomic mass is 32.1. The smallest absolute Gasteiger partial charge is 0.332 e. The van der Waals surface area contributed by atoms with E-state index in [0.29, 0.717) is 94.7 Å². The lowest BCUT2D eigenvalue weighted by Gasteiger charge is -2.32. The van der Waals surface area contributed by atoms with Crippen LogP contribution in [-0.2, 0) is 50.4 Å². The minimum Gasteiger partial charge on any atom is -0.332 e. The zero-order valence-corrected chi connectivity index (χ0v) is 40.7. The van der Waals surface area contributed by atoms with Gasteiger partial charge in [0.25, 0.3) is 0 Å². The Kier molecular flexibility index (Phi) is 14.3. The fraction of sp³-hybridized carbons (Fsp3) is 0.296. The van der Waals surface area contributed by atoms with Crippen molar-refractivity contribution in [2.45, 2.75) is 104 Å². The first-order valence-corrected chi connectivity index (χ1v) is 23.7. The highest BCUT2D eigenvalue weighted by Gasteiger charge is 2.39. The molecule has 0 heterocycles. The van der Waals surface area contributed by atoms with Crippen LogP contribution in [0.2, 0.25) is 0 Å². The molecule has 18 heteroatoms. The number of nitrogens with one attached hydrogen (secondary N) is 4. The molecule has 0 amide bonds. The predicted octanol–water partition coefficient (Wildman–Crippen LogP) is 17.4. The van der Waals surface area contributed by atoms with E-state index in [9.17, 15) is 52.7 Å². The normalized spacial score (nSPS) is 14.1. The first-order valence-electron chi connectivity index (χ1n) is 22.9. The molecule has 72 heavy (non-hydrogen) atoms. The lowest BCUT2D eigenvalue weighted by molar-refractivity contribution is -0.144. The molecule has 378 valence electrons. The quantitative estimate of drug-likeness (QED) is 0.0944. The second-order valence-corrected chi connectivity index (χ2v) is 19.4. The Bertz CT molecular complexity index is 2820. The van der Waals surface area contributed by atoms with E-state index in [1.165, 1.54) is 0 Å². The maximum absolute atomic E-state index is 14.1. The van der Waals surface area contributed by atoms with Crippen LogP contribution in [0.1, 0.15) is 92.4 Å². The molecular weight excluding hydrogens is 997 g/mol. The van der Waals surface area contributed by atoms with Gasteiger partial charge in [0.05, 0.1) is 33.6 Å². The van der Waals surface area contributed by atoms with Crippen molar-refractivity contribution in [2.24, 2.45) is 0 Å². The molecule has 0 saturated carbocycles. The summed E-state index contributed by atoms with van der Waals surface area (Å²) in [5.41, 5.74) is 4.26. The Morgan fingerprint density at radius 3 is 0.958 bits per heavy atom. The lowest BCUT2D eigenvalue weighted by atomic mass is 9.76. The van der Waals surface area contributed by atoms with Crippen molar-refractivity contribution in [3.8, 4) is 33.4 Å². The van der Waals surface area contributed by atoms with Crippen LogP contribution in [0.4, 0.5) is 75.4 Å². The molecule has 0 spiro atoms. The largest absolute Gasteiger partial charge is 0.416 e. The van der Waals surface area contributed by atoms with Crippen LogP contribution in [0.15, 0.2) is 84.9 Å². The van der Waals surface area contributed by atoms with E-state index >= 15 is 0 Å². The molecule has 4 nitrogen and oxygen atoms in total. The van der Waals surface area contributed by atoms with Crippen molar-refractivity contribution in [1.82, 2.24) is 0 Å². The number of fused-ring (bicyclic) bond motifs is 2. The molecule has 2 aliphatic carbocycles. The van der Waals surface area contributed by atoms with Gasteiger partial charge in [-0.15, -0.1) is 0 Å². The van der Waals surface area contributed by atoms with Gasteiger partial charge in [-0.25, -0.2) is 0 Å². The van der Waals surface area contributed by atoms with Gasteiger partial charge >= 0.3 is 24.7 Å². The Hall–Kier alpha value is -6.14. The summed E-state index contributed by atoms with van der Waals surface area (Å²) in [6.07, 6.45) is -15.2. The minimum atomic E-state index is -5.14. The van der Waals surface area contributed by atoms with E-state index in [4.69, 9.17) is 24.4 Å². The zero-order chi connectivity index (χ0) is 52.2. The van der Waals surface area contributed by atoms with E-state index in [2.05, 4.69) is 21.3 Å². The van der Waals surface area contributed by atoms with Crippen LogP contribution >= 0.6 is 24.4 Å². The molecule has 0 unspecified atom stereocenters. The van der Waals surface area contributed by atoms with Gasteiger partial charge in [0.2, 0.25) is 0 Å². The number of benzene rings is 6. The lowest BCUT2D eigenvalue weighted by Crippen LogP contribution is -2.24. The van der Waals surface area contributed by atoms with E-state index in [1.807, 2.05) is 76.2 Å². The van der Waals surface area contributed by atoms with Gasteiger partial charge in [-0.1, -0.05) is 58.7 Å². The van der Waals surface area contributed by atoms with Crippen molar-refractivity contribution in [3.05, 3.63) is 152 Å². The van der Waals surface area contributed by atoms with Crippen LogP contribution in [0.25, 0.3) is 33.4 Å². The van der Waals surface area contributed by atoms with Crippen molar-refractivity contribution >= 4 is 57.4 Å². The molecule has 4 N–H and O–H groups in total. The topological polar surface area (TPSA) is 48.1 Å². The number of aryl methyl sites for hydroxylation is 6. The Labute approximate surface area is 418 Å². The van der Waals surface area contributed by atoms with E-state index in [-0.39, 0.29) is 22.4 Å². The second-order valence-electron chi connectivity index (χ2n) is 18.5. The summed E-state index contributed by atoms with van der Waals surface area (Å²) < 4.78 is 169. The highest BCUT2D eigenvalue weighted by molar-refractivity contribution is 7.81. The number of rotatable bonds is 7. The molecule has 0 atom stereocenters. The summed E-state index contributed by atoms with van der Waals surface area (Å²) in [4.78, 5) is 0. The van der Waals surface area contributed by atoms with Crippen molar-refractivity contribution in [2.75, 3.05) is 21.3 Å². The molecular formula is C54H46F12N4S2. The first kappa shape index (κ1) is 52.2. The predicted molar refractivity (Wildman–Crippen MR) is 268 cm³/mol. The first-order chi connectivity index (χ1) is 33.6.